The molecule has 2 aromatic rings. The summed E-state index contributed by atoms with van der Waals surface area (Å²) in [5.41, 5.74) is 2.57. The molecule has 7 nitrogen and oxygen atoms in total. The third-order valence-corrected chi connectivity index (χ3v) is 4.58. The van der Waals surface area contributed by atoms with Gasteiger partial charge in [0.05, 0.1) is 5.69 Å². The average Bonchev–Trinajstić information content (AvgIpc) is 2.85. The second kappa shape index (κ2) is 8.03. The van der Waals surface area contributed by atoms with Crippen molar-refractivity contribution >= 4 is 12.0 Å². The van der Waals surface area contributed by atoms with Gasteiger partial charge in [0.1, 0.15) is 0 Å². The highest BCUT2D eigenvalue weighted by molar-refractivity contribution is 5.74. The zero-order chi connectivity index (χ0) is 18.5. The van der Waals surface area contributed by atoms with Crippen molar-refractivity contribution in [3.63, 3.8) is 0 Å². The maximum absolute atomic E-state index is 12.5. The molecular weight excluding hydrogens is 330 g/mol. The Morgan fingerprint density at radius 2 is 1.96 bits per heavy atom. The molecule has 0 spiro atoms. The van der Waals surface area contributed by atoms with Crippen LogP contribution < -0.4 is 15.8 Å². The van der Waals surface area contributed by atoms with E-state index in [1.54, 1.807) is 9.80 Å². The van der Waals surface area contributed by atoms with Gasteiger partial charge < -0.3 is 15.1 Å². The number of aromatic nitrogens is 2. The van der Waals surface area contributed by atoms with Crippen LogP contribution in [-0.2, 0) is 19.3 Å². The van der Waals surface area contributed by atoms with Crippen molar-refractivity contribution in [2.45, 2.75) is 19.3 Å². The number of aromatic amines is 1. The van der Waals surface area contributed by atoms with Crippen molar-refractivity contribution in [3.8, 4) is 0 Å². The summed E-state index contributed by atoms with van der Waals surface area (Å²) < 4.78 is 0. The number of H-pyrrole nitrogens is 1. The van der Waals surface area contributed by atoms with Gasteiger partial charge in [0, 0.05) is 45.7 Å². The Kier molecular flexibility index (Phi) is 5.55. The van der Waals surface area contributed by atoms with Crippen molar-refractivity contribution in [1.29, 1.82) is 0 Å². The first-order valence-electron chi connectivity index (χ1n) is 8.90. The first-order chi connectivity index (χ1) is 12.5. The molecule has 0 saturated carbocycles. The zero-order valence-electron chi connectivity index (χ0n) is 15.3. The van der Waals surface area contributed by atoms with Crippen LogP contribution in [0.3, 0.4) is 0 Å². The zero-order valence-corrected chi connectivity index (χ0v) is 15.3. The molecule has 26 heavy (non-hydrogen) atoms. The van der Waals surface area contributed by atoms with E-state index >= 15 is 0 Å². The number of rotatable bonds is 4. The van der Waals surface area contributed by atoms with Crippen molar-refractivity contribution < 1.29 is 4.79 Å². The number of nitrogens with one attached hydrogen (secondary N) is 2. The molecule has 2 amide bonds. The second-order valence-electron chi connectivity index (χ2n) is 6.66. The predicted molar refractivity (Wildman–Crippen MR) is 102 cm³/mol. The van der Waals surface area contributed by atoms with Gasteiger partial charge >= 0.3 is 6.03 Å². The monoisotopic (exact) mass is 355 g/mol. The number of hydrogen-bond donors (Lipinski definition) is 2. The van der Waals surface area contributed by atoms with Crippen molar-refractivity contribution in [2.24, 2.45) is 0 Å². The molecule has 0 atom stereocenters. The molecule has 3 rings (SSSR count). The topological polar surface area (TPSA) is 81.3 Å². The van der Waals surface area contributed by atoms with Crippen LogP contribution in [0.25, 0.3) is 0 Å². The fraction of sp³-hybridized carbons (Fsp3) is 0.421. The lowest BCUT2D eigenvalue weighted by Gasteiger charge is -2.20. The SMILES string of the molecule is CN(C)c1nc2c(c(=O)[nH]1)CCN(C(=O)NCCc1ccccc1)CC2. The molecule has 2 heterocycles. The largest absolute Gasteiger partial charge is 0.348 e. The highest BCUT2D eigenvalue weighted by Crippen LogP contribution is 2.13. The summed E-state index contributed by atoms with van der Waals surface area (Å²) in [4.78, 5) is 35.6. The van der Waals surface area contributed by atoms with Crippen LogP contribution in [0.1, 0.15) is 16.8 Å². The van der Waals surface area contributed by atoms with Gasteiger partial charge in [-0.3, -0.25) is 9.78 Å². The van der Waals surface area contributed by atoms with Crippen LogP contribution in [-0.4, -0.2) is 54.6 Å². The number of anilines is 1. The normalized spacial score (nSPS) is 13.7. The Labute approximate surface area is 153 Å². The summed E-state index contributed by atoms with van der Waals surface area (Å²) in [7, 11) is 3.68. The van der Waals surface area contributed by atoms with Crippen LogP contribution >= 0.6 is 0 Å². The van der Waals surface area contributed by atoms with Crippen molar-refractivity contribution in [3.05, 3.63) is 57.5 Å². The minimum absolute atomic E-state index is 0.0852. The minimum Gasteiger partial charge on any atom is -0.348 e. The molecule has 1 aliphatic heterocycles. The summed E-state index contributed by atoms with van der Waals surface area (Å²) in [6, 6.07) is 9.99. The maximum atomic E-state index is 12.5. The number of nitrogens with zero attached hydrogens (tertiary/aromatic N) is 3. The number of carbonyl (C=O) groups excluding carboxylic acids is 1. The maximum Gasteiger partial charge on any atom is 0.317 e. The third-order valence-electron chi connectivity index (χ3n) is 4.58. The molecule has 2 N–H and O–H groups in total. The molecule has 0 fully saturated rings. The predicted octanol–water partition coefficient (Wildman–Crippen LogP) is 1.19. The lowest BCUT2D eigenvalue weighted by molar-refractivity contribution is 0.200. The van der Waals surface area contributed by atoms with E-state index in [4.69, 9.17) is 0 Å². The van der Waals surface area contributed by atoms with Gasteiger partial charge in [-0.25, -0.2) is 9.78 Å². The Balaban J connectivity index is 1.59. The fourth-order valence-corrected chi connectivity index (χ4v) is 3.08. The van der Waals surface area contributed by atoms with E-state index in [0.717, 1.165) is 12.1 Å². The highest BCUT2D eigenvalue weighted by Gasteiger charge is 2.21. The number of benzene rings is 1. The Morgan fingerprint density at radius 1 is 1.23 bits per heavy atom. The lowest BCUT2D eigenvalue weighted by Crippen LogP contribution is -2.42. The van der Waals surface area contributed by atoms with E-state index in [0.29, 0.717) is 44.0 Å². The molecular formula is C19H25N5O2. The molecule has 7 heteroatoms. The van der Waals surface area contributed by atoms with Gasteiger partial charge in [0.15, 0.2) is 0 Å². The van der Waals surface area contributed by atoms with E-state index in [9.17, 15) is 9.59 Å². The molecule has 1 aromatic heterocycles. The van der Waals surface area contributed by atoms with Gasteiger partial charge in [0.25, 0.3) is 5.56 Å². The van der Waals surface area contributed by atoms with Crippen LogP contribution in [0.5, 0.6) is 0 Å². The van der Waals surface area contributed by atoms with E-state index in [-0.39, 0.29) is 11.6 Å². The second-order valence-corrected chi connectivity index (χ2v) is 6.66. The van der Waals surface area contributed by atoms with E-state index in [1.165, 1.54) is 5.56 Å². The van der Waals surface area contributed by atoms with Crippen LogP contribution in [0.4, 0.5) is 10.7 Å². The molecule has 0 unspecified atom stereocenters. The summed E-state index contributed by atoms with van der Waals surface area (Å²) >= 11 is 0. The molecule has 1 aromatic carbocycles. The molecule has 0 radical (unpaired) electrons. The van der Waals surface area contributed by atoms with Gasteiger partial charge in [-0.15, -0.1) is 0 Å². The smallest absolute Gasteiger partial charge is 0.317 e. The number of carbonyl (C=O) groups is 1. The first-order valence-corrected chi connectivity index (χ1v) is 8.90. The minimum atomic E-state index is -0.106. The van der Waals surface area contributed by atoms with E-state index in [1.807, 2.05) is 32.3 Å². The van der Waals surface area contributed by atoms with Gasteiger partial charge in [-0.05, 0) is 18.4 Å². The van der Waals surface area contributed by atoms with Crippen LogP contribution in [0.15, 0.2) is 35.1 Å². The molecule has 0 saturated heterocycles. The molecule has 0 aliphatic carbocycles. The highest BCUT2D eigenvalue weighted by atomic mass is 16.2. The first kappa shape index (κ1) is 18.0. The van der Waals surface area contributed by atoms with Crippen molar-refractivity contribution in [2.75, 3.05) is 38.6 Å². The third kappa shape index (κ3) is 4.22. The van der Waals surface area contributed by atoms with Gasteiger partial charge in [-0.1, -0.05) is 30.3 Å². The number of urea groups is 1. The Morgan fingerprint density at radius 3 is 2.69 bits per heavy atom. The number of hydrogen-bond acceptors (Lipinski definition) is 4. The summed E-state index contributed by atoms with van der Waals surface area (Å²) in [5.74, 6) is 0.550. The van der Waals surface area contributed by atoms with Crippen molar-refractivity contribution in [1.82, 2.24) is 20.2 Å². The molecule has 0 bridgehead atoms. The van der Waals surface area contributed by atoms with Gasteiger partial charge in [-0.2, -0.15) is 0 Å². The van der Waals surface area contributed by atoms with Crippen LogP contribution in [0, 0.1) is 0 Å². The standard InChI is InChI=1S/C19H25N5O2/c1-23(2)18-21-16-10-13-24(12-9-15(16)17(25)22-18)19(26)20-11-8-14-6-4-3-5-7-14/h3-7H,8-13H2,1-2H3,(H,20,26)(H,21,22,25). The number of fused-ring (bicyclic) bond motifs is 1. The lowest BCUT2D eigenvalue weighted by atomic mass is 10.1. The number of amides is 2. The van der Waals surface area contributed by atoms with Crippen LogP contribution in [0.2, 0.25) is 0 Å². The average molecular weight is 355 g/mol. The summed E-state index contributed by atoms with van der Waals surface area (Å²) in [6.45, 7) is 1.68. The summed E-state index contributed by atoms with van der Waals surface area (Å²) in [5, 5.41) is 2.97. The quantitative estimate of drug-likeness (QED) is 0.863. The fourth-order valence-electron chi connectivity index (χ4n) is 3.08. The molecule has 138 valence electrons. The Bertz CT molecular complexity index is 816. The Hall–Kier alpha value is -2.83. The molecule has 1 aliphatic rings. The summed E-state index contributed by atoms with van der Waals surface area (Å²) in [6.07, 6.45) is 1.91. The van der Waals surface area contributed by atoms with E-state index in [2.05, 4.69) is 27.4 Å². The van der Waals surface area contributed by atoms with E-state index < -0.39 is 0 Å². The van der Waals surface area contributed by atoms with Gasteiger partial charge in [0.2, 0.25) is 5.95 Å².